The third-order valence-electron chi connectivity index (χ3n) is 1.43. The first-order valence-corrected chi connectivity index (χ1v) is 5.03. The maximum Gasteiger partial charge on any atom is 0.134 e. The summed E-state index contributed by atoms with van der Waals surface area (Å²) in [7, 11) is 0. The van der Waals surface area contributed by atoms with Gasteiger partial charge in [-0.05, 0) is 13.2 Å². The van der Waals surface area contributed by atoms with Crippen molar-refractivity contribution in [1.29, 1.82) is 0 Å². The predicted octanol–water partition coefficient (Wildman–Crippen LogP) is 1.45. The highest BCUT2D eigenvalue weighted by atomic mass is 32.2. The Morgan fingerprint density at radius 1 is 1.73 bits per heavy atom. The fourth-order valence-corrected chi connectivity index (χ4v) is 0.763. The number of ketones is 1. The molecule has 4 heteroatoms. The Morgan fingerprint density at radius 3 is 2.64 bits per heavy atom. The molecular weight excluding hydrogens is 178 g/mol. The smallest absolute Gasteiger partial charge is 0.134 e. The van der Waals surface area contributed by atoms with Gasteiger partial charge in [0.25, 0.3) is 0 Å². The molecule has 1 unspecified atom stereocenters. The van der Waals surface area contributed by atoms with Gasteiger partial charge in [0.15, 0.2) is 0 Å². The zero-order chi connectivity index (χ0) is 8.85. The molecule has 64 valence electrons. The van der Waals surface area contributed by atoms with Gasteiger partial charge in [0.05, 0.1) is 0 Å². The van der Waals surface area contributed by atoms with Crippen LogP contribution in [0.25, 0.3) is 0 Å². The summed E-state index contributed by atoms with van der Waals surface area (Å²) in [5, 5.41) is 2.99. The van der Waals surface area contributed by atoms with E-state index in [9.17, 15) is 4.79 Å². The molecule has 1 N–H and O–H groups in total. The van der Waals surface area contributed by atoms with E-state index < -0.39 is 0 Å². The molecule has 0 radical (unpaired) electrons. The number of thiocarbonyl (C=S) groups is 1. The topological polar surface area (TPSA) is 29.1 Å². The van der Waals surface area contributed by atoms with Crippen LogP contribution in [0.1, 0.15) is 13.8 Å². The monoisotopic (exact) mass is 191 g/mol. The number of Topliss-reactive ketones (excluding diaryl/α,β-unsaturated/α-hetero) is 1. The molecule has 0 aromatic rings. The van der Waals surface area contributed by atoms with Crippen molar-refractivity contribution in [3.8, 4) is 0 Å². The minimum absolute atomic E-state index is 0.0556. The number of hydrogen-bond donors (Lipinski definition) is 1. The van der Waals surface area contributed by atoms with Crippen LogP contribution < -0.4 is 5.32 Å². The van der Waals surface area contributed by atoms with E-state index in [1.54, 1.807) is 6.92 Å². The molecule has 0 spiro atoms. The van der Waals surface area contributed by atoms with Crippen LogP contribution >= 0.6 is 24.0 Å². The van der Waals surface area contributed by atoms with E-state index in [4.69, 9.17) is 12.2 Å². The van der Waals surface area contributed by atoms with Crippen molar-refractivity contribution in [1.82, 2.24) is 5.32 Å². The van der Waals surface area contributed by atoms with E-state index in [2.05, 4.69) is 5.32 Å². The van der Waals surface area contributed by atoms with Gasteiger partial charge in [-0.2, -0.15) is 0 Å². The molecule has 0 heterocycles. The third kappa shape index (κ3) is 5.21. The molecule has 0 amide bonds. The molecule has 0 saturated heterocycles. The molecule has 0 bridgehead atoms. The summed E-state index contributed by atoms with van der Waals surface area (Å²) in [6.45, 7) is 4.13. The van der Waals surface area contributed by atoms with Crippen LogP contribution in [0.15, 0.2) is 0 Å². The van der Waals surface area contributed by atoms with E-state index in [-0.39, 0.29) is 11.7 Å². The second kappa shape index (κ2) is 5.55. The van der Waals surface area contributed by atoms with Crippen LogP contribution in [0.2, 0.25) is 0 Å². The minimum Gasteiger partial charge on any atom is -0.370 e. The lowest BCUT2D eigenvalue weighted by molar-refractivity contribution is -0.120. The van der Waals surface area contributed by atoms with Gasteiger partial charge in [0, 0.05) is 12.5 Å². The van der Waals surface area contributed by atoms with Crippen LogP contribution in [0.3, 0.4) is 0 Å². The summed E-state index contributed by atoms with van der Waals surface area (Å²) in [5.74, 6) is 0.251. The van der Waals surface area contributed by atoms with Crippen LogP contribution in [0.4, 0.5) is 0 Å². The molecule has 0 aliphatic rings. The van der Waals surface area contributed by atoms with Gasteiger partial charge in [-0.15, -0.1) is 11.8 Å². The van der Waals surface area contributed by atoms with E-state index in [0.29, 0.717) is 6.54 Å². The minimum atomic E-state index is 0.0556. The lowest BCUT2D eigenvalue weighted by Gasteiger charge is -2.09. The van der Waals surface area contributed by atoms with Crippen LogP contribution in [0.5, 0.6) is 0 Å². The standard InChI is InChI=1S/C7H13NOS2/c1-5(6(2)9)4-8-7(10)11-3/h5H,4H2,1-3H3,(H,8,10). The van der Waals surface area contributed by atoms with Crippen LogP contribution in [-0.4, -0.2) is 22.9 Å². The maximum atomic E-state index is 10.8. The Kier molecular flexibility index (Phi) is 5.50. The van der Waals surface area contributed by atoms with Crippen molar-refractivity contribution in [3.63, 3.8) is 0 Å². The molecule has 0 aromatic heterocycles. The molecule has 0 aliphatic heterocycles. The fourth-order valence-electron chi connectivity index (χ4n) is 0.452. The molecular formula is C7H13NOS2. The van der Waals surface area contributed by atoms with E-state index >= 15 is 0 Å². The SMILES string of the molecule is CSC(=S)NCC(C)C(C)=O. The largest absolute Gasteiger partial charge is 0.370 e. The van der Waals surface area contributed by atoms with Crippen molar-refractivity contribution in [3.05, 3.63) is 0 Å². The van der Waals surface area contributed by atoms with Gasteiger partial charge in [-0.25, -0.2) is 0 Å². The average Bonchev–Trinajstić information content (AvgIpc) is 1.99. The number of nitrogens with one attached hydrogen (secondary N) is 1. The van der Waals surface area contributed by atoms with E-state index in [1.165, 1.54) is 11.8 Å². The van der Waals surface area contributed by atoms with E-state index in [0.717, 1.165) is 4.32 Å². The normalized spacial score (nSPS) is 12.3. The predicted molar refractivity (Wildman–Crippen MR) is 54.0 cm³/mol. The van der Waals surface area contributed by atoms with Gasteiger partial charge in [-0.1, -0.05) is 19.1 Å². The quantitative estimate of drug-likeness (QED) is 0.684. The summed E-state index contributed by atoms with van der Waals surface area (Å²) in [5.41, 5.74) is 0. The highest BCUT2D eigenvalue weighted by Crippen LogP contribution is 1.97. The van der Waals surface area contributed by atoms with Crippen LogP contribution in [-0.2, 0) is 4.79 Å². The van der Waals surface area contributed by atoms with Gasteiger partial charge in [0.1, 0.15) is 10.1 Å². The lowest BCUT2D eigenvalue weighted by atomic mass is 10.1. The van der Waals surface area contributed by atoms with Gasteiger partial charge >= 0.3 is 0 Å². The van der Waals surface area contributed by atoms with Gasteiger partial charge in [0.2, 0.25) is 0 Å². The first-order valence-electron chi connectivity index (χ1n) is 3.40. The van der Waals surface area contributed by atoms with Crippen molar-refractivity contribution in [2.75, 3.05) is 12.8 Å². The fraction of sp³-hybridized carbons (Fsp3) is 0.714. The number of hydrogen-bond acceptors (Lipinski definition) is 3. The Bertz CT molecular complexity index is 159. The van der Waals surface area contributed by atoms with Crippen molar-refractivity contribution >= 4 is 34.1 Å². The average molecular weight is 191 g/mol. The third-order valence-corrected chi connectivity index (χ3v) is 2.59. The maximum absolute atomic E-state index is 10.8. The van der Waals surface area contributed by atoms with Crippen LogP contribution in [0, 0.1) is 5.92 Å². The van der Waals surface area contributed by atoms with Crippen molar-refractivity contribution < 1.29 is 4.79 Å². The zero-order valence-corrected chi connectivity index (χ0v) is 8.64. The summed E-state index contributed by atoms with van der Waals surface area (Å²) in [6, 6.07) is 0. The number of carbonyl (C=O) groups is 1. The summed E-state index contributed by atoms with van der Waals surface area (Å²) < 4.78 is 0.748. The first-order chi connectivity index (χ1) is 5.07. The summed E-state index contributed by atoms with van der Waals surface area (Å²) in [4.78, 5) is 10.8. The molecule has 0 saturated carbocycles. The lowest BCUT2D eigenvalue weighted by Crippen LogP contribution is -2.27. The molecule has 0 rings (SSSR count). The highest BCUT2D eigenvalue weighted by Gasteiger charge is 2.06. The Balaban J connectivity index is 3.54. The second-order valence-electron chi connectivity index (χ2n) is 2.38. The number of carbonyl (C=O) groups excluding carboxylic acids is 1. The zero-order valence-electron chi connectivity index (χ0n) is 7.01. The number of thioether (sulfide) groups is 1. The van der Waals surface area contributed by atoms with Crippen molar-refractivity contribution in [2.24, 2.45) is 5.92 Å². The van der Waals surface area contributed by atoms with Gasteiger partial charge in [-0.3, -0.25) is 4.79 Å². The first kappa shape index (κ1) is 10.9. The molecule has 0 aliphatic carbocycles. The Labute approximate surface area is 77.1 Å². The van der Waals surface area contributed by atoms with Gasteiger partial charge < -0.3 is 5.32 Å². The second-order valence-corrected chi connectivity index (χ2v) is 3.87. The molecule has 1 atom stereocenters. The van der Waals surface area contributed by atoms with Crippen molar-refractivity contribution in [2.45, 2.75) is 13.8 Å². The van der Waals surface area contributed by atoms with E-state index in [1.807, 2.05) is 13.2 Å². The molecule has 11 heavy (non-hydrogen) atoms. The molecule has 2 nitrogen and oxygen atoms in total. The Morgan fingerprint density at radius 2 is 2.27 bits per heavy atom. The molecule has 0 aromatic carbocycles. The molecule has 0 fully saturated rings. The summed E-state index contributed by atoms with van der Waals surface area (Å²) in [6.07, 6.45) is 1.91. The summed E-state index contributed by atoms with van der Waals surface area (Å²) >= 11 is 6.39. The number of rotatable bonds is 3. The Hall–Kier alpha value is -0.0900. The highest BCUT2D eigenvalue weighted by molar-refractivity contribution is 8.22.